The fourth-order valence-corrected chi connectivity index (χ4v) is 2.34. The molecule has 0 amide bonds. The lowest BCUT2D eigenvalue weighted by atomic mass is 10.1. The zero-order chi connectivity index (χ0) is 13.8. The van der Waals surface area contributed by atoms with Gasteiger partial charge in [-0.1, -0.05) is 34.8 Å². The number of hydrogen-bond donors (Lipinski definition) is 1. The summed E-state index contributed by atoms with van der Waals surface area (Å²) in [4.78, 5) is 0. The van der Waals surface area contributed by atoms with Crippen LogP contribution in [0.5, 0.6) is 0 Å². The molecular weight excluding hydrogens is 293 g/mol. The molecule has 0 atom stereocenters. The lowest BCUT2D eigenvalue weighted by Crippen LogP contribution is -2.37. The second kappa shape index (κ2) is 6.97. The molecule has 0 aliphatic rings. The van der Waals surface area contributed by atoms with Crippen LogP contribution in [0.3, 0.4) is 0 Å². The summed E-state index contributed by atoms with van der Waals surface area (Å²) in [6, 6.07) is 3.44. The second-order valence-corrected chi connectivity index (χ2v) is 5.81. The molecule has 1 aromatic rings. The van der Waals surface area contributed by atoms with Crippen LogP contribution in [0.2, 0.25) is 15.1 Å². The lowest BCUT2D eigenvalue weighted by molar-refractivity contribution is -0.00897. The van der Waals surface area contributed by atoms with Gasteiger partial charge in [-0.15, -0.1) is 0 Å². The Kier molecular flexibility index (Phi) is 6.22. The third kappa shape index (κ3) is 4.60. The van der Waals surface area contributed by atoms with Gasteiger partial charge in [0.2, 0.25) is 0 Å². The van der Waals surface area contributed by atoms with E-state index in [1.54, 1.807) is 12.1 Å². The quantitative estimate of drug-likeness (QED) is 0.778. The first kappa shape index (κ1) is 16.1. The normalized spacial score (nSPS) is 11.9. The van der Waals surface area contributed by atoms with Gasteiger partial charge in [-0.25, -0.2) is 0 Å². The summed E-state index contributed by atoms with van der Waals surface area (Å²) in [7, 11) is 0. The van der Waals surface area contributed by atoms with Gasteiger partial charge >= 0.3 is 0 Å². The van der Waals surface area contributed by atoms with Gasteiger partial charge in [-0.3, -0.25) is 0 Å². The van der Waals surface area contributed by atoms with E-state index >= 15 is 0 Å². The van der Waals surface area contributed by atoms with E-state index in [2.05, 4.69) is 5.32 Å². The first-order chi connectivity index (χ1) is 8.37. The summed E-state index contributed by atoms with van der Waals surface area (Å²) in [6.45, 7) is 8.00. The van der Waals surface area contributed by atoms with Crippen LogP contribution < -0.4 is 5.32 Å². The van der Waals surface area contributed by atoms with Crippen molar-refractivity contribution in [3.63, 3.8) is 0 Å². The van der Waals surface area contributed by atoms with Gasteiger partial charge in [0.1, 0.15) is 0 Å². The SMILES string of the molecule is CCOC(C)(C)CNCc1c(Cl)ccc(Cl)c1Cl. The van der Waals surface area contributed by atoms with Crippen molar-refractivity contribution in [3.05, 3.63) is 32.8 Å². The van der Waals surface area contributed by atoms with Crippen LogP contribution in [0, 0.1) is 0 Å². The van der Waals surface area contributed by atoms with E-state index < -0.39 is 0 Å². The third-order valence-electron chi connectivity index (χ3n) is 2.53. The molecule has 0 saturated heterocycles. The van der Waals surface area contributed by atoms with Crippen LogP contribution in [0.4, 0.5) is 0 Å². The molecule has 1 N–H and O–H groups in total. The number of hydrogen-bond acceptors (Lipinski definition) is 2. The van der Waals surface area contributed by atoms with Crippen molar-refractivity contribution >= 4 is 34.8 Å². The van der Waals surface area contributed by atoms with Gasteiger partial charge in [0.15, 0.2) is 0 Å². The predicted octanol–water partition coefficient (Wildman–Crippen LogP) is 4.55. The smallest absolute Gasteiger partial charge is 0.0750 e. The summed E-state index contributed by atoms with van der Waals surface area (Å²) in [5, 5.41) is 4.92. The monoisotopic (exact) mass is 309 g/mol. The molecule has 2 nitrogen and oxygen atoms in total. The second-order valence-electron chi connectivity index (χ2n) is 4.62. The maximum atomic E-state index is 6.12. The molecule has 0 fully saturated rings. The lowest BCUT2D eigenvalue weighted by Gasteiger charge is -2.25. The van der Waals surface area contributed by atoms with E-state index in [0.29, 0.717) is 34.8 Å². The molecule has 0 aliphatic carbocycles. The van der Waals surface area contributed by atoms with Gasteiger partial charge in [-0.2, -0.15) is 0 Å². The van der Waals surface area contributed by atoms with Crippen molar-refractivity contribution in [1.29, 1.82) is 0 Å². The van der Waals surface area contributed by atoms with Crippen molar-refractivity contribution < 1.29 is 4.74 Å². The van der Waals surface area contributed by atoms with Crippen LogP contribution in [0.15, 0.2) is 12.1 Å². The molecule has 0 radical (unpaired) electrons. The molecule has 0 saturated carbocycles. The molecule has 1 rings (SSSR count). The Morgan fingerprint density at radius 3 is 2.39 bits per heavy atom. The zero-order valence-electron chi connectivity index (χ0n) is 10.8. The van der Waals surface area contributed by atoms with Gasteiger partial charge in [0.05, 0.1) is 15.6 Å². The highest BCUT2D eigenvalue weighted by atomic mass is 35.5. The highest BCUT2D eigenvalue weighted by Gasteiger charge is 2.17. The Balaban J connectivity index is 2.62. The van der Waals surface area contributed by atoms with Crippen molar-refractivity contribution in [2.24, 2.45) is 0 Å². The Morgan fingerprint density at radius 1 is 1.17 bits per heavy atom. The minimum absolute atomic E-state index is 0.216. The summed E-state index contributed by atoms with van der Waals surface area (Å²) >= 11 is 18.2. The van der Waals surface area contributed by atoms with Crippen molar-refractivity contribution in [2.75, 3.05) is 13.2 Å². The molecule has 18 heavy (non-hydrogen) atoms. The number of halogens is 3. The van der Waals surface area contributed by atoms with E-state index in [1.807, 2.05) is 20.8 Å². The molecular formula is C13H18Cl3NO. The number of ether oxygens (including phenoxy) is 1. The molecule has 1 aromatic carbocycles. The fourth-order valence-electron chi connectivity index (χ4n) is 1.66. The molecule has 0 aliphatic heterocycles. The van der Waals surface area contributed by atoms with E-state index in [4.69, 9.17) is 39.5 Å². The van der Waals surface area contributed by atoms with Crippen LogP contribution in [0.25, 0.3) is 0 Å². The molecule has 0 unspecified atom stereocenters. The summed E-state index contributed by atoms with van der Waals surface area (Å²) in [5.74, 6) is 0. The average Bonchev–Trinajstić information content (AvgIpc) is 2.28. The van der Waals surface area contributed by atoms with E-state index in [-0.39, 0.29) is 5.60 Å². The van der Waals surface area contributed by atoms with Gasteiger partial charge < -0.3 is 10.1 Å². The maximum Gasteiger partial charge on any atom is 0.0750 e. The topological polar surface area (TPSA) is 21.3 Å². The zero-order valence-corrected chi connectivity index (χ0v) is 13.1. The highest BCUT2D eigenvalue weighted by Crippen LogP contribution is 2.31. The standard InChI is InChI=1S/C13H18Cl3NO/c1-4-18-13(2,3)8-17-7-9-10(14)5-6-11(15)12(9)16/h5-6,17H,4,7-8H2,1-3H3. The summed E-state index contributed by atoms with van der Waals surface area (Å²) in [6.07, 6.45) is 0. The summed E-state index contributed by atoms with van der Waals surface area (Å²) < 4.78 is 5.60. The largest absolute Gasteiger partial charge is 0.375 e. The van der Waals surface area contributed by atoms with Gasteiger partial charge in [0.25, 0.3) is 0 Å². The van der Waals surface area contributed by atoms with Crippen LogP contribution >= 0.6 is 34.8 Å². The van der Waals surface area contributed by atoms with Crippen molar-refractivity contribution in [2.45, 2.75) is 32.9 Å². The average molecular weight is 311 g/mol. The van der Waals surface area contributed by atoms with E-state index in [1.165, 1.54) is 0 Å². The third-order valence-corrected chi connectivity index (χ3v) is 3.72. The predicted molar refractivity (Wildman–Crippen MR) is 78.9 cm³/mol. The Bertz CT molecular complexity index is 407. The molecule has 0 spiro atoms. The Morgan fingerprint density at radius 2 is 1.78 bits per heavy atom. The molecule has 0 heterocycles. The van der Waals surface area contributed by atoms with Crippen molar-refractivity contribution in [1.82, 2.24) is 5.32 Å². The number of nitrogens with one attached hydrogen (secondary N) is 1. The van der Waals surface area contributed by atoms with Gasteiger partial charge in [-0.05, 0) is 32.9 Å². The minimum Gasteiger partial charge on any atom is -0.375 e. The molecule has 0 aromatic heterocycles. The van der Waals surface area contributed by atoms with Crippen LogP contribution in [-0.4, -0.2) is 18.8 Å². The van der Waals surface area contributed by atoms with E-state index in [9.17, 15) is 0 Å². The first-order valence-corrected chi connectivity index (χ1v) is 6.98. The summed E-state index contributed by atoms with van der Waals surface area (Å²) in [5.41, 5.74) is 0.602. The fraction of sp³-hybridized carbons (Fsp3) is 0.538. The number of rotatable bonds is 6. The van der Waals surface area contributed by atoms with Crippen LogP contribution in [0.1, 0.15) is 26.3 Å². The Labute approximate surface area is 124 Å². The highest BCUT2D eigenvalue weighted by molar-refractivity contribution is 6.44. The molecule has 5 heteroatoms. The van der Waals surface area contributed by atoms with Crippen LogP contribution in [-0.2, 0) is 11.3 Å². The van der Waals surface area contributed by atoms with Gasteiger partial charge in [0, 0.05) is 30.3 Å². The van der Waals surface area contributed by atoms with E-state index in [0.717, 1.165) is 5.56 Å². The maximum absolute atomic E-state index is 6.12. The van der Waals surface area contributed by atoms with Crippen molar-refractivity contribution in [3.8, 4) is 0 Å². The first-order valence-electron chi connectivity index (χ1n) is 5.84. The molecule has 102 valence electrons. The number of benzene rings is 1. The molecule has 0 bridgehead atoms. The Hall–Kier alpha value is 0.01000. The minimum atomic E-state index is -0.216.